The molecule has 14 atom stereocenters. The summed E-state index contributed by atoms with van der Waals surface area (Å²) in [6.07, 6.45) is 2.54. The van der Waals surface area contributed by atoms with Crippen molar-refractivity contribution in [2.45, 2.75) is 234 Å². The van der Waals surface area contributed by atoms with E-state index in [1.54, 1.807) is 81.4 Å². The predicted octanol–water partition coefficient (Wildman–Crippen LogP) is 2.23. The number of fused-ring (bicyclic) bond motifs is 2. The van der Waals surface area contributed by atoms with Gasteiger partial charge >= 0.3 is 0 Å². The standard InChI is InChI=1S/C69H122N12O15S/c1-24-26-28-45(13)58(82)57-61(85)71-49(25-2)63(87)77(21)54(39-97(94,95)34-27-29-80-30-32-96-33-31-80)66(90)73(17)50(35-40(3)4)60(84)72-55(43(9)10)68(92)76(20)53-38-46(14)81(67(53)91)48(16)59(83)70-47(15)62(86)74(18)51(36-41(5)6)64(88)75(19)52(37-42(7)8)65(89)78(22)56(44(11)12)69(93)79(57)23/h24,26,40-58,82H,25,27-39H2,1-23H3,(H,70,83)(H,71,85)(H,72,84)/b26-24+/t45-,46?,47+,48-,49-,50+,51-,52-,53-,54-,55-,56-,57-,58-/m1/s1. The SMILES string of the molecule is C/C=C/C[C@@H](C)[C@@H](O)[C@@H]1C(=O)N[C@H](CC)C(=O)N(C)[C@H](CS(=O)(=O)CCCN2CCOCC2)C(=O)N(C)[C@@H](CC(C)C)C(=O)N[C@H](C(C)C)C(=O)N(C)[C@@H]2CC(C)N(C2=O)[C@H](C)C(=O)N[C@@H](C)C(=O)N(C)[C@H](CC(C)C)C(=O)N(C)[C@H](CC(C)C)C(=O)N(C)[C@H](C(C)C)C(=O)N1C. The normalized spacial score (nSPS) is 28.4. The van der Waals surface area contributed by atoms with Crippen molar-refractivity contribution in [3.63, 3.8) is 0 Å². The molecular formula is C69H122N12O15S. The Labute approximate surface area is 579 Å². The number of rotatable bonds is 19. The molecule has 1 unspecified atom stereocenters. The summed E-state index contributed by atoms with van der Waals surface area (Å²) in [7, 11) is 5.36. The van der Waals surface area contributed by atoms with E-state index in [2.05, 4.69) is 20.9 Å². The number of aliphatic hydroxyl groups is 1. The van der Waals surface area contributed by atoms with E-state index in [1.807, 2.05) is 27.7 Å². The fourth-order valence-electron chi connectivity index (χ4n) is 13.3. The number of nitrogens with one attached hydrogen (secondary N) is 3. The van der Waals surface area contributed by atoms with Crippen LogP contribution in [0, 0.1) is 35.5 Å². The maximum atomic E-state index is 15.4. The largest absolute Gasteiger partial charge is 0.390 e. The molecule has 0 saturated carbocycles. The number of sulfone groups is 1. The smallest absolute Gasteiger partial charge is 0.246 e. The van der Waals surface area contributed by atoms with Crippen LogP contribution < -0.4 is 16.0 Å². The van der Waals surface area contributed by atoms with E-state index in [0.717, 1.165) is 14.7 Å². The van der Waals surface area contributed by atoms with E-state index in [4.69, 9.17) is 4.74 Å². The van der Waals surface area contributed by atoms with Gasteiger partial charge in [-0.05, 0) is 115 Å². The molecule has 0 aromatic rings. The highest BCUT2D eigenvalue weighted by molar-refractivity contribution is 7.91. The van der Waals surface area contributed by atoms with Gasteiger partial charge in [-0.2, -0.15) is 0 Å². The summed E-state index contributed by atoms with van der Waals surface area (Å²) in [4.78, 5) is 176. The van der Waals surface area contributed by atoms with E-state index in [9.17, 15) is 37.5 Å². The topological polar surface area (TPSA) is 317 Å². The molecule has 0 aliphatic carbocycles. The molecule has 97 heavy (non-hydrogen) atoms. The Balaban J connectivity index is 2.41. The van der Waals surface area contributed by atoms with Gasteiger partial charge < -0.3 is 65.0 Å². The fourth-order valence-corrected chi connectivity index (χ4v) is 14.9. The van der Waals surface area contributed by atoms with E-state index < -0.39 is 177 Å². The lowest BCUT2D eigenvalue weighted by Gasteiger charge is -2.41. The Morgan fingerprint density at radius 1 is 0.546 bits per heavy atom. The van der Waals surface area contributed by atoms with Crippen LogP contribution in [0.1, 0.15) is 156 Å². The molecule has 27 nitrogen and oxygen atoms in total. The molecule has 3 fully saturated rings. The molecule has 554 valence electrons. The summed E-state index contributed by atoms with van der Waals surface area (Å²) in [6, 6.07) is -15.5. The van der Waals surface area contributed by atoms with Gasteiger partial charge in [0.05, 0.1) is 30.8 Å². The first-order valence-electron chi connectivity index (χ1n) is 34.9. The number of carbonyl (C=O) groups excluding carboxylic acids is 11. The molecule has 3 aliphatic heterocycles. The number of morpholine rings is 1. The van der Waals surface area contributed by atoms with E-state index in [-0.39, 0.29) is 68.5 Å². The van der Waals surface area contributed by atoms with Crippen LogP contribution >= 0.6 is 0 Å². The van der Waals surface area contributed by atoms with Crippen LogP contribution in [0.15, 0.2) is 12.2 Å². The van der Waals surface area contributed by atoms with Crippen molar-refractivity contribution in [2.24, 2.45) is 35.5 Å². The Hall–Kier alpha value is -6.26. The van der Waals surface area contributed by atoms with Crippen LogP contribution in [0.2, 0.25) is 0 Å². The number of hydrogen-bond donors (Lipinski definition) is 4. The number of nitrogens with zero attached hydrogens (tertiary/aromatic N) is 9. The summed E-state index contributed by atoms with van der Waals surface area (Å²) in [6.45, 7) is 30.1. The van der Waals surface area contributed by atoms with Crippen molar-refractivity contribution < 1.29 is 71.0 Å². The maximum Gasteiger partial charge on any atom is 0.246 e. The summed E-state index contributed by atoms with van der Waals surface area (Å²) in [5.41, 5.74) is 0. The highest BCUT2D eigenvalue weighted by atomic mass is 32.2. The van der Waals surface area contributed by atoms with Gasteiger partial charge in [0.2, 0.25) is 65.0 Å². The zero-order valence-corrected chi connectivity index (χ0v) is 63.4. The first kappa shape index (κ1) is 85.0. The molecule has 4 N–H and O–H groups in total. The van der Waals surface area contributed by atoms with Gasteiger partial charge in [0.1, 0.15) is 66.5 Å². The number of hydrogen-bond acceptors (Lipinski definition) is 16. The molecule has 0 aromatic heterocycles. The van der Waals surface area contributed by atoms with Crippen LogP contribution in [0.5, 0.6) is 0 Å². The average Bonchev–Trinajstić information content (AvgIpc) is 1.77. The molecular weight excluding hydrogens is 1270 g/mol. The number of amides is 11. The average molecular weight is 1390 g/mol. The quantitative estimate of drug-likeness (QED) is 0.135. The van der Waals surface area contributed by atoms with Crippen LogP contribution in [-0.4, -0.2) is 295 Å². The third-order valence-electron chi connectivity index (χ3n) is 19.5. The second kappa shape index (κ2) is 37.8. The first-order chi connectivity index (χ1) is 45.0. The van der Waals surface area contributed by atoms with E-state index in [1.165, 1.54) is 87.7 Å². The number of aliphatic hydroxyl groups excluding tert-OH is 1. The van der Waals surface area contributed by atoms with Crippen LogP contribution in [0.3, 0.4) is 0 Å². The summed E-state index contributed by atoms with van der Waals surface area (Å²) in [5, 5.41) is 20.6. The molecule has 28 heteroatoms. The molecule has 0 radical (unpaired) electrons. The fraction of sp³-hybridized carbons (Fsp3) is 0.812. The van der Waals surface area contributed by atoms with Gasteiger partial charge in [0.25, 0.3) is 0 Å². The minimum Gasteiger partial charge on any atom is -0.390 e. The van der Waals surface area contributed by atoms with Gasteiger partial charge in [-0.15, -0.1) is 0 Å². The van der Waals surface area contributed by atoms with Crippen molar-refractivity contribution in [3.05, 3.63) is 12.2 Å². The zero-order chi connectivity index (χ0) is 74.2. The third kappa shape index (κ3) is 22.4. The van der Waals surface area contributed by atoms with Crippen molar-refractivity contribution in [1.82, 2.24) is 60.0 Å². The van der Waals surface area contributed by atoms with Crippen molar-refractivity contribution in [1.29, 1.82) is 0 Å². The van der Waals surface area contributed by atoms with Gasteiger partial charge in [0.15, 0.2) is 9.84 Å². The number of likely N-dealkylation sites (N-methyl/N-ethyl adjacent to an activating group) is 7. The van der Waals surface area contributed by atoms with Gasteiger partial charge in [-0.1, -0.05) is 95.2 Å². The summed E-state index contributed by atoms with van der Waals surface area (Å²) in [5.74, 6) is -12.1. The summed E-state index contributed by atoms with van der Waals surface area (Å²) < 4.78 is 34.3. The van der Waals surface area contributed by atoms with Crippen molar-refractivity contribution in [3.8, 4) is 0 Å². The minimum absolute atomic E-state index is 0.00243. The Kier molecular flexibility index (Phi) is 33.1. The highest BCUT2D eigenvalue weighted by Crippen LogP contribution is 2.29. The van der Waals surface area contributed by atoms with Crippen LogP contribution in [0.4, 0.5) is 0 Å². The molecule has 3 heterocycles. The maximum absolute atomic E-state index is 15.4. The van der Waals surface area contributed by atoms with Crippen LogP contribution in [0.25, 0.3) is 0 Å². The Bertz CT molecular complexity index is 2870. The lowest BCUT2D eigenvalue weighted by Crippen LogP contribution is -2.64. The van der Waals surface area contributed by atoms with E-state index in [0.29, 0.717) is 32.8 Å². The molecule has 11 amide bonds. The third-order valence-corrected chi connectivity index (χ3v) is 21.2. The lowest BCUT2D eigenvalue weighted by atomic mass is 9.91. The van der Waals surface area contributed by atoms with Crippen molar-refractivity contribution in [2.75, 3.05) is 93.7 Å². The molecule has 0 aromatic carbocycles. The van der Waals surface area contributed by atoms with Gasteiger partial charge in [-0.25, -0.2) is 8.42 Å². The van der Waals surface area contributed by atoms with E-state index >= 15 is 28.8 Å². The van der Waals surface area contributed by atoms with Crippen molar-refractivity contribution >= 4 is 74.8 Å². The number of ether oxygens (including phenoxy) is 1. The zero-order valence-electron chi connectivity index (χ0n) is 62.6. The molecule has 0 spiro atoms. The Morgan fingerprint density at radius 2 is 1.03 bits per heavy atom. The summed E-state index contributed by atoms with van der Waals surface area (Å²) >= 11 is 0. The van der Waals surface area contributed by atoms with Gasteiger partial charge in [0, 0.05) is 68.5 Å². The molecule has 3 rings (SSSR count). The number of carbonyl (C=O) groups is 11. The van der Waals surface area contributed by atoms with Crippen LogP contribution in [-0.2, 0) is 67.3 Å². The lowest BCUT2D eigenvalue weighted by molar-refractivity contribution is -0.157. The highest BCUT2D eigenvalue weighted by Gasteiger charge is 2.49. The molecule has 3 aliphatic rings. The first-order valence-corrected chi connectivity index (χ1v) is 36.7. The second-order valence-electron chi connectivity index (χ2n) is 29.4. The Morgan fingerprint density at radius 3 is 1.54 bits per heavy atom. The predicted molar refractivity (Wildman–Crippen MR) is 371 cm³/mol. The number of allylic oxidation sites excluding steroid dienone is 2. The monoisotopic (exact) mass is 1390 g/mol. The molecule has 3 saturated heterocycles. The minimum atomic E-state index is -4.21. The second-order valence-corrected chi connectivity index (χ2v) is 31.6. The van der Waals surface area contributed by atoms with Gasteiger partial charge in [-0.3, -0.25) is 57.6 Å². The molecule has 2 bridgehead atoms.